The van der Waals surface area contributed by atoms with E-state index in [1.54, 1.807) is 20.8 Å². The minimum Gasteiger partial charge on any atom is -0.458 e. The monoisotopic (exact) mass is 433 g/mol. The SMILES string of the molecule is CC(c1ccccc1)N(Cc1ccccc1)C(c1ccccc1)C(F)C(=O)OC(C)(C)C. The fourth-order valence-corrected chi connectivity index (χ4v) is 3.86. The topological polar surface area (TPSA) is 29.5 Å². The van der Waals surface area contributed by atoms with Gasteiger partial charge < -0.3 is 4.74 Å². The summed E-state index contributed by atoms with van der Waals surface area (Å²) in [6.45, 7) is 7.80. The Morgan fingerprint density at radius 2 is 1.31 bits per heavy atom. The van der Waals surface area contributed by atoms with Crippen LogP contribution in [-0.4, -0.2) is 22.6 Å². The van der Waals surface area contributed by atoms with Gasteiger partial charge in [0.15, 0.2) is 0 Å². The average molecular weight is 434 g/mol. The Kier molecular flexibility index (Phi) is 7.81. The first-order valence-corrected chi connectivity index (χ1v) is 11.0. The maximum Gasteiger partial charge on any atom is 0.343 e. The first kappa shape index (κ1) is 23.7. The van der Waals surface area contributed by atoms with Crippen molar-refractivity contribution in [3.63, 3.8) is 0 Å². The number of nitrogens with zero attached hydrogens (tertiary/aromatic N) is 1. The molecule has 3 unspecified atom stereocenters. The molecule has 0 aliphatic carbocycles. The van der Waals surface area contributed by atoms with E-state index in [9.17, 15) is 4.79 Å². The number of hydrogen-bond donors (Lipinski definition) is 0. The zero-order valence-corrected chi connectivity index (χ0v) is 19.2. The Bertz CT molecular complexity index is 971. The molecular formula is C28H32FNO2. The van der Waals surface area contributed by atoms with Crippen LogP contribution in [0.1, 0.15) is 56.5 Å². The highest BCUT2D eigenvalue weighted by Gasteiger charge is 2.39. The Balaban J connectivity index is 2.06. The lowest BCUT2D eigenvalue weighted by molar-refractivity contribution is -0.164. The summed E-state index contributed by atoms with van der Waals surface area (Å²) >= 11 is 0. The van der Waals surface area contributed by atoms with E-state index in [0.29, 0.717) is 6.54 Å². The van der Waals surface area contributed by atoms with Crippen LogP contribution in [0.15, 0.2) is 91.0 Å². The third-order valence-electron chi connectivity index (χ3n) is 5.39. The molecule has 0 saturated carbocycles. The molecule has 4 heteroatoms. The zero-order valence-electron chi connectivity index (χ0n) is 19.2. The van der Waals surface area contributed by atoms with E-state index in [-0.39, 0.29) is 6.04 Å². The van der Waals surface area contributed by atoms with Crippen LogP contribution in [0.4, 0.5) is 4.39 Å². The average Bonchev–Trinajstić information content (AvgIpc) is 2.79. The second-order valence-corrected chi connectivity index (χ2v) is 9.04. The molecule has 0 saturated heterocycles. The van der Waals surface area contributed by atoms with Gasteiger partial charge in [-0.1, -0.05) is 91.0 Å². The highest BCUT2D eigenvalue weighted by molar-refractivity contribution is 5.76. The maximum atomic E-state index is 16.0. The summed E-state index contributed by atoms with van der Waals surface area (Å²) in [5, 5.41) is 0. The van der Waals surface area contributed by atoms with Gasteiger partial charge in [-0.2, -0.15) is 0 Å². The summed E-state index contributed by atoms with van der Waals surface area (Å²) in [7, 11) is 0. The summed E-state index contributed by atoms with van der Waals surface area (Å²) < 4.78 is 21.4. The van der Waals surface area contributed by atoms with Crippen molar-refractivity contribution in [2.24, 2.45) is 0 Å². The third kappa shape index (κ3) is 6.27. The molecule has 0 radical (unpaired) electrons. The molecule has 0 amide bonds. The molecule has 32 heavy (non-hydrogen) atoms. The van der Waals surface area contributed by atoms with Crippen LogP contribution in [-0.2, 0) is 16.1 Å². The van der Waals surface area contributed by atoms with Crippen molar-refractivity contribution in [2.75, 3.05) is 0 Å². The number of carbonyl (C=O) groups is 1. The molecule has 3 rings (SSSR count). The molecule has 0 heterocycles. The summed E-state index contributed by atoms with van der Waals surface area (Å²) in [6, 6.07) is 28.4. The molecule has 0 aliphatic rings. The van der Waals surface area contributed by atoms with E-state index in [2.05, 4.69) is 11.8 Å². The minimum absolute atomic E-state index is 0.137. The van der Waals surface area contributed by atoms with Crippen LogP contribution < -0.4 is 0 Å². The molecule has 0 fully saturated rings. The number of carbonyl (C=O) groups excluding carboxylic acids is 1. The molecule has 0 aromatic heterocycles. The fourth-order valence-electron chi connectivity index (χ4n) is 3.86. The highest BCUT2D eigenvalue weighted by Crippen LogP contribution is 2.36. The smallest absolute Gasteiger partial charge is 0.343 e. The van der Waals surface area contributed by atoms with E-state index in [1.165, 1.54) is 0 Å². The largest absolute Gasteiger partial charge is 0.458 e. The van der Waals surface area contributed by atoms with Crippen LogP contribution in [0, 0.1) is 0 Å². The van der Waals surface area contributed by atoms with Crippen LogP contribution in [0.3, 0.4) is 0 Å². The van der Waals surface area contributed by atoms with Gasteiger partial charge in [0, 0.05) is 12.6 Å². The van der Waals surface area contributed by atoms with Gasteiger partial charge in [-0.25, -0.2) is 9.18 Å². The van der Waals surface area contributed by atoms with Crippen molar-refractivity contribution < 1.29 is 13.9 Å². The van der Waals surface area contributed by atoms with Crippen molar-refractivity contribution >= 4 is 5.97 Å². The highest BCUT2D eigenvalue weighted by atomic mass is 19.1. The van der Waals surface area contributed by atoms with Gasteiger partial charge in [0.05, 0.1) is 6.04 Å². The molecular weight excluding hydrogens is 401 g/mol. The van der Waals surface area contributed by atoms with Gasteiger partial charge >= 0.3 is 5.97 Å². The summed E-state index contributed by atoms with van der Waals surface area (Å²) in [6.07, 6.45) is -1.84. The standard InChI is InChI=1S/C28H32FNO2/c1-21(23-16-10-6-11-17-23)30(20-22-14-8-5-9-15-22)26(24-18-12-7-13-19-24)25(29)27(31)32-28(2,3)4/h5-19,21,25-26H,20H2,1-4H3. The Labute approximate surface area is 190 Å². The zero-order chi connectivity index (χ0) is 23.1. The molecule has 0 aliphatic heterocycles. The van der Waals surface area contributed by atoms with Crippen molar-refractivity contribution in [1.82, 2.24) is 4.90 Å². The maximum absolute atomic E-state index is 16.0. The first-order valence-electron chi connectivity index (χ1n) is 11.0. The van der Waals surface area contributed by atoms with Gasteiger partial charge in [0.2, 0.25) is 6.17 Å². The Morgan fingerprint density at radius 1 is 0.844 bits per heavy atom. The van der Waals surface area contributed by atoms with Crippen LogP contribution in [0.2, 0.25) is 0 Å². The number of ether oxygens (including phenoxy) is 1. The van der Waals surface area contributed by atoms with E-state index in [0.717, 1.165) is 16.7 Å². The number of esters is 1. The molecule has 0 spiro atoms. The summed E-state index contributed by atoms with van der Waals surface area (Å²) in [4.78, 5) is 14.9. The Morgan fingerprint density at radius 3 is 1.81 bits per heavy atom. The van der Waals surface area contributed by atoms with E-state index >= 15 is 4.39 Å². The normalized spacial score (nSPS) is 14.6. The van der Waals surface area contributed by atoms with Crippen LogP contribution in [0.25, 0.3) is 0 Å². The second kappa shape index (κ2) is 10.6. The molecule has 0 bridgehead atoms. The van der Waals surface area contributed by atoms with E-state index in [4.69, 9.17) is 4.74 Å². The van der Waals surface area contributed by atoms with Gasteiger partial charge in [-0.3, -0.25) is 4.90 Å². The van der Waals surface area contributed by atoms with Crippen LogP contribution in [0.5, 0.6) is 0 Å². The molecule has 168 valence electrons. The van der Waals surface area contributed by atoms with Gasteiger partial charge in [-0.15, -0.1) is 0 Å². The minimum atomic E-state index is -1.84. The van der Waals surface area contributed by atoms with Gasteiger partial charge in [0.1, 0.15) is 5.60 Å². The fraction of sp³-hybridized carbons (Fsp3) is 0.321. The van der Waals surface area contributed by atoms with Crippen molar-refractivity contribution in [2.45, 2.75) is 58.1 Å². The summed E-state index contributed by atoms with van der Waals surface area (Å²) in [5.74, 6) is -0.843. The van der Waals surface area contributed by atoms with Gasteiger partial charge in [-0.05, 0) is 44.4 Å². The predicted octanol–water partition coefficient (Wildman–Crippen LogP) is 6.67. The lowest BCUT2D eigenvalue weighted by atomic mass is 9.95. The summed E-state index contributed by atoms with van der Waals surface area (Å²) in [5.41, 5.74) is 2.08. The lowest BCUT2D eigenvalue weighted by Gasteiger charge is -2.38. The molecule has 3 aromatic rings. The third-order valence-corrected chi connectivity index (χ3v) is 5.39. The van der Waals surface area contributed by atoms with E-state index in [1.807, 2.05) is 91.0 Å². The number of hydrogen-bond acceptors (Lipinski definition) is 3. The Hall–Kier alpha value is -2.98. The predicted molar refractivity (Wildman–Crippen MR) is 127 cm³/mol. The molecule has 0 N–H and O–H groups in total. The van der Waals surface area contributed by atoms with Crippen molar-refractivity contribution in [1.29, 1.82) is 0 Å². The quantitative estimate of drug-likeness (QED) is 0.372. The number of benzene rings is 3. The van der Waals surface area contributed by atoms with E-state index < -0.39 is 23.8 Å². The first-order chi connectivity index (χ1) is 15.3. The molecule has 3 atom stereocenters. The lowest BCUT2D eigenvalue weighted by Crippen LogP contribution is -2.42. The number of halogens is 1. The number of alkyl halides is 1. The molecule has 3 aromatic carbocycles. The van der Waals surface area contributed by atoms with Crippen molar-refractivity contribution in [3.05, 3.63) is 108 Å². The molecule has 3 nitrogen and oxygen atoms in total. The number of rotatable bonds is 8. The second-order valence-electron chi connectivity index (χ2n) is 9.04. The van der Waals surface area contributed by atoms with Crippen LogP contribution >= 0.6 is 0 Å². The van der Waals surface area contributed by atoms with Gasteiger partial charge in [0.25, 0.3) is 0 Å². The van der Waals surface area contributed by atoms with Crippen molar-refractivity contribution in [3.8, 4) is 0 Å².